The standard InChI is InChI=1S/C24H40N2O3/c1-16(2)15-26(19-8-10-20(27)11-9-19)22-12-7-18(14-21(22)25)17(3)13-23(28)29-24(4,5)6/h7,12,14,16-17,19-20,27H,8-11,13,15,25H2,1-6H3/t17-,19?,20?/m1/s1. The highest BCUT2D eigenvalue weighted by Gasteiger charge is 2.27. The lowest BCUT2D eigenvalue weighted by Crippen LogP contribution is -2.41. The first-order valence-corrected chi connectivity index (χ1v) is 11.0. The van der Waals surface area contributed by atoms with E-state index in [1.165, 1.54) is 0 Å². The number of rotatable bonds is 7. The number of carbonyl (C=O) groups excluding carboxylic acids is 1. The lowest BCUT2D eigenvalue weighted by Gasteiger charge is -2.39. The van der Waals surface area contributed by atoms with Gasteiger partial charge in [-0.2, -0.15) is 0 Å². The van der Waals surface area contributed by atoms with Gasteiger partial charge in [-0.3, -0.25) is 4.79 Å². The normalized spacial score (nSPS) is 21.1. The SMILES string of the molecule is CC(C)CN(c1ccc([C@H](C)CC(=O)OC(C)(C)C)cc1N)C1CCC(O)CC1. The fraction of sp³-hybridized carbons (Fsp3) is 0.708. The second kappa shape index (κ2) is 9.84. The van der Waals surface area contributed by atoms with Gasteiger partial charge >= 0.3 is 5.97 Å². The number of hydrogen-bond donors (Lipinski definition) is 2. The van der Waals surface area contributed by atoms with E-state index < -0.39 is 5.60 Å². The fourth-order valence-electron chi connectivity index (χ4n) is 4.10. The number of aliphatic hydroxyl groups is 1. The summed E-state index contributed by atoms with van der Waals surface area (Å²) >= 11 is 0. The zero-order valence-electron chi connectivity index (χ0n) is 19.1. The Morgan fingerprint density at radius 1 is 1.21 bits per heavy atom. The van der Waals surface area contributed by atoms with Crippen LogP contribution < -0.4 is 10.6 Å². The Morgan fingerprint density at radius 2 is 1.83 bits per heavy atom. The van der Waals surface area contributed by atoms with Crippen LogP contribution in [-0.2, 0) is 9.53 Å². The maximum Gasteiger partial charge on any atom is 0.306 e. The van der Waals surface area contributed by atoms with Gasteiger partial charge in [0.15, 0.2) is 0 Å². The summed E-state index contributed by atoms with van der Waals surface area (Å²) in [4.78, 5) is 14.6. The number of nitrogens with zero attached hydrogens (tertiary/aromatic N) is 1. The highest BCUT2D eigenvalue weighted by Crippen LogP contribution is 2.34. The summed E-state index contributed by atoms with van der Waals surface area (Å²) in [6.45, 7) is 13.1. The number of aliphatic hydroxyl groups excluding tert-OH is 1. The fourth-order valence-corrected chi connectivity index (χ4v) is 4.10. The predicted molar refractivity (Wildman–Crippen MR) is 120 cm³/mol. The largest absolute Gasteiger partial charge is 0.460 e. The molecule has 0 unspecified atom stereocenters. The number of ether oxygens (including phenoxy) is 1. The highest BCUT2D eigenvalue weighted by atomic mass is 16.6. The summed E-state index contributed by atoms with van der Waals surface area (Å²) in [7, 11) is 0. The third kappa shape index (κ3) is 7.22. The van der Waals surface area contributed by atoms with Crippen molar-refractivity contribution in [2.45, 2.75) is 97.3 Å². The van der Waals surface area contributed by atoms with E-state index in [-0.39, 0.29) is 18.0 Å². The number of carbonyl (C=O) groups is 1. The molecule has 0 radical (unpaired) electrons. The quantitative estimate of drug-likeness (QED) is 0.501. The van der Waals surface area contributed by atoms with Crippen molar-refractivity contribution in [3.8, 4) is 0 Å². The molecule has 5 heteroatoms. The summed E-state index contributed by atoms with van der Waals surface area (Å²) in [6, 6.07) is 6.61. The van der Waals surface area contributed by atoms with E-state index in [0.717, 1.165) is 49.2 Å². The van der Waals surface area contributed by atoms with Crippen molar-refractivity contribution in [2.75, 3.05) is 17.2 Å². The molecular weight excluding hydrogens is 364 g/mol. The van der Waals surface area contributed by atoms with E-state index in [2.05, 4.69) is 30.9 Å². The van der Waals surface area contributed by atoms with Gasteiger partial charge in [-0.25, -0.2) is 0 Å². The molecule has 0 aliphatic heterocycles. The van der Waals surface area contributed by atoms with Crippen molar-refractivity contribution < 1.29 is 14.6 Å². The predicted octanol–water partition coefficient (Wildman–Crippen LogP) is 4.87. The van der Waals surface area contributed by atoms with Gasteiger partial charge in [-0.1, -0.05) is 26.8 Å². The number of hydrogen-bond acceptors (Lipinski definition) is 5. The van der Waals surface area contributed by atoms with Crippen LogP contribution in [0.25, 0.3) is 0 Å². The zero-order valence-corrected chi connectivity index (χ0v) is 19.1. The Labute approximate surface area is 176 Å². The molecule has 1 fully saturated rings. The van der Waals surface area contributed by atoms with Crippen molar-refractivity contribution in [1.29, 1.82) is 0 Å². The molecule has 5 nitrogen and oxygen atoms in total. The molecule has 0 bridgehead atoms. The van der Waals surface area contributed by atoms with E-state index >= 15 is 0 Å². The van der Waals surface area contributed by atoms with Crippen molar-refractivity contribution in [3.63, 3.8) is 0 Å². The molecule has 0 spiro atoms. The Kier molecular flexibility index (Phi) is 7.98. The van der Waals surface area contributed by atoms with Crippen LogP contribution in [0.4, 0.5) is 11.4 Å². The molecule has 1 aliphatic rings. The van der Waals surface area contributed by atoms with Gasteiger partial charge in [0.25, 0.3) is 0 Å². The monoisotopic (exact) mass is 404 g/mol. The molecule has 2 rings (SSSR count). The Bertz CT molecular complexity index is 673. The number of nitrogen functional groups attached to an aromatic ring is 1. The molecule has 29 heavy (non-hydrogen) atoms. The van der Waals surface area contributed by atoms with Gasteiger partial charge in [0.1, 0.15) is 5.60 Å². The minimum atomic E-state index is -0.468. The summed E-state index contributed by atoms with van der Waals surface area (Å²) < 4.78 is 5.45. The van der Waals surface area contributed by atoms with Crippen LogP contribution in [-0.4, -0.2) is 35.4 Å². The molecule has 0 heterocycles. The topological polar surface area (TPSA) is 75.8 Å². The molecule has 0 saturated heterocycles. The second-order valence-corrected chi connectivity index (χ2v) is 10.0. The molecule has 3 N–H and O–H groups in total. The number of anilines is 2. The van der Waals surface area contributed by atoms with E-state index in [1.807, 2.05) is 33.8 Å². The van der Waals surface area contributed by atoms with Crippen molar-refractivity contribution in [3.05, 3.63) is 23.8 Å². The van der Waals surface area contributed by atoms with Crippen LogP contribution in [0.5, 0.6) is 0 Å². The third-order valence-corrected chi connectivity index (χ3v) is 5.49. The van der Waals surface area contributed by atoms with Gasteiger partial charge in [0.2, 0.25) is 0 Å². The first-order chi connectivity index (χ1) is 13.5. The first-order valence-electron chi connectivity index (χ1n) is 11.0. The van der Waals surface area contributed by atoms with Gasteiger partial charge in [-0.15, -0.1) is 0 Å². The number of nitrogens with two attached hydrogens (primary N) is 1. The van der Waals surface area contributed by atoms with Gasteiger partial charge in [0.05, 0.1) is 23.9 Å². The Hall–Kier alpha value is -1.75. The molecule has 1 aromatic carbocycles. The van der Waals surface area contributed by atoms with E-state index in [1.54, 1.807) is 0 Å². The summed E-state index contributed by atoms with van der Waals surface area (Å²) in [5.74, 6) is 0.381. The summed E-state index contributed by atoms with van der Waals surface area (Å²) in [5, 5.41) is 9.87. The van der Waals surface area contributed by atoms with Gasteiger partial charge < -0.3 is 20.5 Å². The second-order valence-electron chi connectivity index (χ2n) is 10.0. The smallest absolute Gasteiger partial charge is 0.306 e. The van der Waals surface area contributed by atoms with E-state index in [4.69, 9.17) is 10.5 Å². The van der Waals surface area contributed by atoms with E-state index in [9.17, 15) is 9.90 Å². The Balaban J connectivity index is 2.15. The minimum absolute atomic E-state index is 0.0459. The lowest BCUT2D eigenvalue weighted by atomic mass is 9.90. The van der Waals surface area contributed by atoms with Crippen molar-refractivity contribution >= 4 is 17.3 Å². The van der Waals surface area contributed by atoms with Crippen LogP contribution in [0, 0.1) is 5.92 Å². The number of benzene rings is 1. The maximum absolute atomic E-state index is 12.2. The van der Waals surface area contributed by atoms with E-state index in [0.29, 0.717) is 18.4 Å². The Morgan fingerprint density at radius 3 is 2.34 bits per heavy atom. The van der Waals surface area contributed by atoms with Gasteiger partial charge in [0, 0.05) is 12.6 Å². The average Bonchev–Trinajstić information content (AvgIpc) is 2.58. The summed E-state index contributed by atoms with van der Waals surface area (Å²) in [6.07, 6.45) is 3.86. The van der Waals surface area contributed by atoms with Gasteiger partial charge in [-0.05, 0) is 76.0 Å². The first kappa shape index (κ1) is 23.5. The minimum Gasteiger partial charge on any atom is -0.460 e. The molecule has 0 aromatic heterocycles. The molecular formula is C24H40N2O3. The molecule has 1 atom stereocenters. The molecule has 0 amide bonds. The third-order valence-electron chi connectivity index (χ3n) is 5.49. The average molecular weight is 405 g/mol. The van der Waals surface area contributed by atoms with Crippen molar-refractivity contribution in [1.82, 2.24) is 0 Å². The summed E-state index contributed by atoms with van der Waals surface area (Å²) in [5.41, 5.74) is 8.90. The van der Waals surface area contributed by atoms with Crippen molar-refractivity contribution in [2.24, 2.45) is 5.92 Å². The number of esters is 1. The van der Waals surface area contributed by atoms with Crippen LogP contribution >= 0.6 is 0 Å². The molecule has 164 valence electrons. The van der Waals surface area contributed by atoms with Crippen LogP contribution in [0.15, 0.2) is 18.2 Å². The molecule has 1 aromatic rings. The molecule has 1 saturated carbocycles. The molecule has 1 aliphatic carbocycles. The zero-order chi connectivity index (χ0) is 21.8. The van der Waals surface area contributed by atoms with Crippen LogP contribution in [0.3, 0.4) is 0 Å². The highest BCUT2D eigenvalue weighted by molar-refractivity contribution is 5.72. The lowest BCUT2D eigenvalue weighted by molar-refractivity contribution is -0.155. The van der Waals surface area contributed by atoms with Crippen LogP contribution in [0.1, 0.15) is 85.1 Å². The van der Waals surface area contributed by atoms with Crippen LogP contribution in [0.2, 0.25) is 0 Å². The maximum atomic E-state index is 12.2.